The van der Waals surface area contributed by atoms with Crippen LogP contribution < -0.4 is 14.4 Å². The van der Waals surface area contributed by atoms with Gasteiger partial charge < -0.3 is 14.2 Å². The number of likely N-dealkylation sites (N-methyl/N-ethyl adjacent to an activating group) is 1. The van der Waals surface area contributed by atoms with Gasteiger partial charge in [0.2, 0.25) is 0 Å². The number of carbonyl (C=O) groups is 2. The van der Waals surface area contributed by atoms with Crippen LogP contribution in [0.5, 0.6) is 11.5 Å². The van der Waals surface area contributed by atoms with Gasteiger partial charge in [-0.2, -0.15) is 0 Å². The Morgan fingerprint density at radius 1 is 1.03 bits per heavy atom. The van der Waals surface area contributed by atoms with Gasteiger partial charge in [0.1, 0.15) is 5.01 Å². The summed E-state index contributed by atoms with van der Waals surface area (Å²) < 4.78 is 16.8. The van der Waals surface area contributed by atoms with Gasteiger partial charge in [0, 0.05) is 17.5 Å². The Labute approximate surface area is 204 Å². The van der Waals surface area contributed by atoms with Gasteiger partial charge in [0.25, 0.3) is 5.91 Å². The molecule has 2 aromatic heterocycles. The number of amides is 1. The highest BCUT2D eigenvalue weighted by Crippen LogP contribution is 2.33. The van der Waals surface area contributed by atoms with Crippen molar-refractivity contribution in [1.82, 2.24) is 9.97 Å². The number of carbonyl (C=O) groups excluding carboxylic acids is 2. The Balaban J connectivity index is 1.36. The zero-order valence-corrected chi connectivity index (χ0v) is 20.6. The highest BCUT2D eigenvalue weighted by molar-refractivity contribution is 7.22. The minimum absolute atomic E-state index is 0.0235. The number of aromatic nitrogens is 2. The topological polar surface area (TPSA) is 90.9 Å². The SMILES string of the molecule is CCN(C(=O)COC(=O)Cc1csc(-c2ccc(OC)c(OC)c2)n1)c1nc2ccccc2s1. The summed E-state index contributed by atoms with van der Waals surface area (Å²) in [5.74, 6) is 0.392. The van der Waals surface area contributed by atoms with Crippen LogP contribution in [0.1, 0.15) is 12.6 Å². The number of methoxy groups -OCH3 is 2. The number of nitrogens with zero attached hydrogens (tertiary/aromatic N) is 3. The van der Waals surface area contributed by atoms with Gasteiger partial charge in [-0.25, -0.2) is 9.97 Å². The molecule has 10 heteroatoms. The summed E-state index contributed by atoms with van der Waals surface area (Å²) in [6.07, 6.45) is -0.0235. The molecule has 0 aliphatic rings. The van der Waals surface area contributed by atoms with E-state index in [1.165, 1.54) is 27.6 Å². The summed E-state index contributed by atoms with van der Waals surface area (Å²) in [7, 11) is 3.15. The van der Waals surface area contributed by atoms with Gasteiger partial charge in [-0.1, -0.05) is 23.5 Å². The molecule has 176 valence electrons. The van der Waals surface area contributed by atoms with Gasteiger partial charge in [-0.3, -0.25) is 14.5 Å². The van der Waals surface area contributed by atoms with Crippen molar-refractivity contribution in [2.45, 2.75) is 13.3 Å². The first-order valence-corrected chi connectivity index (χ1v) is 12.2. The Kier molecular flexibility index (Phi) is 7.39. The molecular formula is C24H23N3O5S2. The summed E-state index contributed by atoms with van der Waals surface area (Å²) in [5.41, 5.74) is 2.26. The standard InChI is InChI=1S/C24H23N3O5S2/c1-4-27(24-26-17-7-5-6-8-20(17)34-24)21(28)13-32-22(29)12-16-14-33-23(25-16)15-9-10-18(30-2)19(11-15)31-3/h5-11,14H,4,12-13H2,1-3H3. The van der Waals surface area contributed by atoms with Gasteiger partial charge in [0.05, 0.1) is 36.6 Å². The molecule has 0 unspecified atom stereocenters. The first-order chi connectivity index (χ1) is 16.5. The van der Waals surface area contributed by atoms with Crippen molar-refractivity contribution < 1.29 is 23.8 Å². The smallest absolute Gasteiger partial charge is 0.312 e. The van der Waals surface area contributed by atoms with Crippen molar-refractivity contribution in [3.63, 3.8) is 0 Å². The van der Waals surface area contributed by atoms with E-state index in [1.807, 2.05) is 43.3 Å². The lowest BCUT2D eigenvalue weighted by atomic mass is 10.2. The molecule has 4 aromatic rings. The number of hydrogen-bond donors (Lipinski definition) is 0. The van der Waals surface area contributed by atoms with E-state index in [2.05, 4.69) is 9.97 Å². The monoisotopic (exact) mass is 497 g/mol. The Morgan fingerprint density at radius 2 is 1.82 bits per heavy atom. The molecule has 2 heterocycles. The van der Waals surface area contributed by atoms with Crippen LogP contribution in [0.3, 0.4) is 0 Å². The minimum Gasteiger partial charge on any atom is -0.493 e. The van der Waals surface area contributed by atoms with Crippen molar-refractivity contribution in [1.29, 1.82) is 0 Å². The molecule has 8 nitrogen and oxygen atoms in total. The van der Waals surface area contributed by atoms with Crippen molar-refractivity contribution in [3.8, 4) is 22.1 Å². The predicted molar refractivity (Wildman–Crippen MR) is 133 cm³/mol. The Bertz CT molecular complexity index is 1280. The van der Waals surface area contributed by atoms with E-state index in [0.717, 1.165) is 20.8 Å². The van der Waals surface area contributed by atoms with Crippen molar-refractivity contribution in [3.05, 3.63) is 53.5 Å². The molecule has 0 saturated carbocycles. The summed E-state index contributed by atoms with van der Waals surface area (Å²) in [6, 6.07) is 13.2. The second-order valence-electron chi connectivity index (χ2n) is 7.15. The van der Waals surface area contributed by atoms with Gasteiger partial charge in [0.15, 0.2) is 23.2 Å². The number of hydrogen-bond acceptors (Lipinski definition) is 9. The number of esters is 1. The number of rotatable bonds is 9. The number of benzene rings is 2. The third-order valence-corrected chi connectivity index (χ3v) is 6.99. The van der Waals surface area contributed by atoms with Crippen LogP contribution in [0.4, 0.5) is 5.13 Å². The van der Waals surface area contributed by atoms with Crippen LogP contribution in [-0.2, 0) is 20.7 Å². The van der Waals surface area contributed by atoms with E-state index in [4.69, 9.17) is 14.2 Å². The molecule has 0 saturated heterocycles. The molecule has 0 atom stereocenters. The van der Waals surface area contributed by atoms with Crippen LogP contribution in [0.2, 0.25) is 0 Å². The summed E-state index contributed by atoms with van der Waals surface area (Å²) >= 11 is 2.84. The van der Waals surface area contributed by atoms with Crippen LogP contribution in [0.15, 0.2) is 47.8 Å². The molecule has 4 rings (SSSR count). The lowest BCUT2D eigenvalue weighted by Gasteiger charge is -2.17. The first kappa shape index (κ1) is 23.7. The maximum atomic E-state index is 12.7. The molecule has 0 bridgehead atoms. The third-order valence-electron chi connectivity index (χ3n) is 5.00. The number of thiazole rings is 2. The van der Waals surface area contributed by atoms with Crippen molar-refractivity contribution >= 4 is 49.9 Å². The van der Waals surface area contributed by atoms with Crippen LogP contribution in [0.25, 0.3) is 20.8 Å². The second kappa shape index (κ2) is 10.6. The van der Waals surface area contributed by atoms with Crippen LogP contribution >= 0.6 is 22.7 Å². The third kappa shape index (κ3) is 5.18. The molecule has 0 aliphatic carbocycles. The van der Waals surface area contributed by atoms with E-state index in [0.29, 0.717) is 28.9 Å². The first-order valence-electron chi connectivity index (χ1n) is 10.5. The highest BCUT2D eigenvalue weighted by Gasteiger charge is 2.20. The summed E-state index contributed by atoms with van der Waals surface area (Å²) in [5, 5.41) is 3.13. The zero-order chi connectivity index (χ0) is 24.1. The summed E-state index contributed by atoms with van der Waals surface area (Å²) in [4.78, 5) is 35.6. The van der Waals surface area contributed by atoms with Crippen LogP contribution in [-0.4, -0.2) is 49.2 Å². The Hall–Kier alpha value is -3.50. The van der Waals surface area contributed by atoms with E-state index < -0.39 is 5.97 Å². The Morgan fingerprint density at radius 3 is 2.56 bits per heavy atom. The summed E-state index contributed by atoms with van der Waals surface area (Å²) in [6.45, 7) is 1.93. The number of ether oxygens (including phenoxy) is 3. The molecule has 0 fully saturated rings. The van der Waals surface area contributed by atoms with E-state index >= 15 is 0 Å². The molecule has 0 N–H and O–H groups in total. The normalized spacial score (nSPS) is 10.8. The molecule has 1 amide bonds. The van der Waals surface area contributed by atoms with Gasteiger partial charge in [-0.15, -0.1) is 11.3 Å². The lowest BCUT2D eigenvalue weighted by Crippen LogP contribution is -2.34. The fourth-order valence-electron chi connectivity index (χ4n) is 3.30. The average molecular weight is 498 g/mol. The highest BCUT2D eigenvalue weighted by atomic mass is 32.1. The fourth-order valence-corrected chi connectivity index (χ4v) is 5.17. The molecule has 0 radical (unpaired) electrons. The number of anilines is 1. The van der Waals surface area contributed by atoms with Crippen LogP contribution in [0, 0.1) is 0 Å². The quantitative estimate of drug-likeness (QED) is 0.313. The van der Waals surface area contributed by atoms with E-state index in [-0.39, 0.29) is 18.9 Å². The van der Waals surface area contributed by atoms with Gasteiger partial charge in [-0.05, 0) is 37.3 Å². The maximum absolute atomic E-state index is 12.7. The maximum Gasteiger partial charge on any atom is 0.312 e. The fraction of sp³-hybridized carbons (Fsp3) is 0.250. The largest absolute Gasteiger partial charge is 0.493 e. The number of fused-ring (bicyclic) bond motifs is 1. The molecule has 34 heavy (non-hydrogen) atoms. The molecule has 0 aliphatic heterocycles. The van der Waals surface area contributed by atoms with Crippen molar-refractivity contribution in [2.75, 3.05) is 32.3 Å². The molecule has 0 spiro atoms. The molecular weight excluding hydrogens is 474 g/mol. The molecule has 2 aromatic carbocycles. The second-order valence-corrected chi connectivity index (χ2v) is 9.02. The number of para-hydroxylation sites is 1. The lowest BCUT2D eigenvalue weighted by molar-refractivity contribution is -0.147. The predicted octanol–water partition coefficient (Wildman–Crippen LogP) is 4.58. The van der Waals surface area contributed by atoms with E-state index in [1.54, 1.807) is 25.7 Å². The minimum atomic E-state index is -0.516. The van der Waals surface area contributed by atoms with E-state index in [9.17, 15) is 9.59 Å². The average Bonchev–Trinajstić information content (AvgIpc) is 3.49. The van der Waals surface area contributed by atoms with Crippen molar-refractivity contribution in [2.24, 2.45) is 0 Å². The van der Waals surface area contributed by atoms with Gasteiger partial charge >= 0.3 is 5.97 Å². The zero-order valence-electron chi connectivity index (χ0n) is 18.9.